The Labute approximate surface area is 159 Å². The molecule has 26 heavy (non-hydrogen) atoms. The summed E-state index contributed by atoms with van der Waals surface area (Å²) in [5.74, 6) is 0.742. The fourth-order valence-corrected chi connectivity index (χ4v) is 4.92. The molecule has 1 amide bonds. The number of carbonyl (C=O) groups excluding carboxylic acids is 1. The van der Waals surface area contributed by atoms with E-state index < -0.39 is 0 Å². The van der Waals surface area contributed by atoms with E-state index >= 15 is 0 Å². The molecule has 1 N–H and O–H groups in total. The highest BCUT2D eigenvalue weighted by Gasteiger charge is 2.32. The first-order valence-corrected chi connectivity index (χ1v) is 10.5. The Kier molecular flexibility index (Phi) is 4.67. The third-order valence-corrected chi connectivity index (χ3v) is 6.84. The summed E-state index contributed by atoms with van der Waals surface area (Å²) in [5, 5.41) is 2.72. The van der Waals surface area contributed by atoms with Crippen LogP contribution in [0.2, 0.25) is 0 Å². The lowest BCUT2D eigenvalue weighted by Crippen LogP contribution is -2.32. The molecule has 5 nitrogen and oxygen atoms in total. The molecule has 136 valence electrons. The molecule has 0 aromatic carbocycles. The number of rotatable bonds is 6. The van der Waals surface area contributed by atoms with Crippen LogP contribution in [0.3, 0.4) is 0 Å². The fraction of sp³-hybridized carbons (Fsp3) is 0.421. The summed E-state index contributed by atoms with van der Waals surface area (Å²) >= 11 is 3.22. The van der Waals surface area contributed by atoms with Crippen molar-refractivity contribution in [2.24, 2.45) is 0 Å². The predicted molar refractivity (Wildman–Crippen MR) is 106 cm³/mol. The summed E-state index contributed by atoms with van der Waals surface area (Å²) < 4.78 is 0. The van der Waals surface area contributed by atoms with Gasteiger partial charge in [0.25, 0.3) is 5.56 Å². The molecule has 0 aliphatic heterocycles. The summed E-state index contributed by atoms with van der Waals surface area (Å²) in [5.41, 5.74) is 0.897. The van der Waals surface area contributed by atoms with Crippen LogP contribution in [0.4, 0.5) is 0 Å². The van der Waals surface area contributed by atoms with Crippen molar-refractivity contribution >= 4 is 38.8 Å². The summed E-state index contributed by atoms with van der Waals surface area (Å²) in [6.07, 6.45) is 3.02. The molecule has 1 aliphatic rings. The van der Waals surface area contributed by atoms with Gasteiger partial charge in [0.2, 0.25) is 5.91 Å². The maximum absolute atomic E-state index is 12.7. The summed E-state index contributed by atoms with van der Waals surface area (Å²) in [6, 6.07) is 4.47. The van der Waals surface area contributed by atoms with Crippen LogP contribution in [0, 0.1) is 13.8 Å². The van der Waals surface area contributed by atoms with Crippen molar-refractivity contribution in [1.82, 2.24) is 14.9 Å². The Bertz CT molecular complexity index is 1000. The molecule has 1 saturated carbocycles. The second-order valence-electron chi connectivity index (χ2n) is 6.81. The molecule has 0 bridgehead atoms. The first-order chi connectivity index (χ1) is 12.5. The Balaban J connectivity index is 1.48. The van der Waals surface area contributed by atoms with Gasteiger partial charge in [0.05, 0.1) is 11.9 Å². The van der Waals surface area contributed by atoms with Gasteiger partial charge in [-0.05, 0) is 43.7 Å². The smallest absolute Gasteiger partial charge is 0.259 e. The van der Waals surface area contributed by atoms with Crippen LogP contribution in [-0.2, 0) is 17.8 Å². The van der Waals surface area contributed by atoms with Crippen LogP contribution in [0.25, 0.3) is 10.2 Å². The Hall–Kier alpha value is -1.99. The number of carbonyl (C=O) groups is 1. The normalized spacial score (nSPS) is 14.1. The third-order valence-electron chi connectivity index (χ3n) is 4.88. The second-order valence-corrected chi connectivity index (χ2v) is 9.04. The molecular weight excluding hydrogens is 366 g/mol. The lowest BCUT2D eigenvalue weighted by molar-refractivity contribution is -0.132. The Morgan fingerprint density at radius 1 is 1.38 bits per heavy atom. The highest BCUT2D eigenvalue weighted by molar-refractivity contribution is 7.18. The molecule has 4 rings (SSSR count). The molecule has 7 heteroatoms. The summed E-state index contributed by atoms with van der Waals surface area (Å²) in [7, 11) is 0. The van der Waals surface area contributed by atoms with Crippen molar-refractivity contribution in [3.8, 4) is 0 Å². The van der Waals surface area contributed by atoms with Crippen LogP contribution in [0.5, 0.6) is 0 Å². The maximum atomic E-state index is 12.7. The molecular formula is C19H21N3O2S2. The van der Waals surface area contributed by atoms with E-state index in [0.717, 1.165) is 28.1 Å². The molecule has 1 fully saturated rings. The average molecular weight is 388 g/mol. The van der Waals surface area contributed by atoms with Crippen molar-refractivity contribution < 1.29 is 4.79 Å². The number of thiophene rings is 2. The topological polar surface area (TPSA) is 66.1 Å². The number of fused-ring (bicyclic) bond motifs is 1. The molecule has 0 atom stereocenters. The van der Waals surface area contributed by atoms with Gasteiger partial charge in [-0.25, -0.2) is 4.98 Å². The number of amides is 1. The van der Waals surface area contributed by atoms with Gasteiger partial charge in [-0.1, -0.05) is 6.07 Å². The second kappa shape index (κ2) is 6.96. The standard InChI is InChI=1S/C19H21N3O2S2/c1-11-12(2)26-19-17(11)18(24)20-15(21-19)7-8-16(23)22(13-5-6-13)10-14-4-3-9-25-14/h3-4,9,13H,5-8,10H2,1-2H3,(H,20,21,24). The lowest BCUT2D eigenvalue weighted by Gasteiger charge is -2.21. The predicted octanol–water partition coefficient (Wildman–Crippen LogP) is 3.79. The SMILES string of the molecule is Cc1sc2nc(CCC(=O)N(Cc3cccs3)C3CC3)[nH]c(=O)c2c1C. The third kappa shape index (κ3) is 3.46. The van der Waals surface area contributed by atoms with Gasteiger partial charge < -0.3 is 9.88 Å². The first kappa shape index (κ1) is 17.4. The van der Waals surface area contributed by atoms with Gasteiger partial charge in [-0.3, -0.25) is 9.59 Å². The largest absolute Gasteiger partial charge is 0.335 e. The van der Waals surface area contributed by atoms with Gasteiger partial charge in [0.15, 0.2) is 0 Å². The minimum absolute atomic E-state index is 0.100. The van der Waals surface area contributed by atoms with E-state index in [-0.39, 0.29) is 11.5 Å². The number of nitrogens with zero attached hydrogens (tertiary/aromatic N) is 2. The van der Waals surface area contributed by atoms with Crippen LogP contribution < -0.4 is 5.56 Å². The van der Waals surface area contributed by atoms with E-state index in [0.29, 0.717) is 36.6 Å². The van der Waals surface area contributed by atoms with Gasteiger partial charge in [0.1, 0.15) is 10.7 Å². The zero-order valence-electron chi connectivity index (χ0n) is 14.9. The highest BCUT2D eigenvalue weighted by atomic mass is 32.1. The molecule has 3 aromatic rings. The number of aryl methyl sites for hydroxylation is 3. The van der Waals surface area contributed by atoms with Crippen molar-refractivity contribution in [2.45, 2.75) is 52.1 Å². The first-order valence-electron chi connectivity index (χ1n) is 8.83. The minimum atomic E-state index is -0.100. The van der Waals surface area contributed by atoms with Crippen molar-refractivity contribution in [3.05, 3.63) is 49.0 Å². The van der Waals surface area contributed by atoms with E-state index in [2.05, 4.69) is 16.0 Å². The summed E-state index contributed by atoms with van der Waals surface area (Å²) in [6.45, 7) is 4.64. The molecule has 3 aromatic heterocycles. The van der Waals surface area contributed by atoms with Crippen LogP contribution in [-0.4, -0.2) is 26.8 Å². The van der Waals surface area contributed by atoms with Crippen molar-refractivity contribution in [2.75, 3.05) is 0 Å². The van der Waals surface area contributed by atoms with E-state index in [1.807, 2.05) is 30.2 Å². The molecule has 1 aliphatic carbocycles. The molecule has 0 saturated heterocycles. The molecule has 0 spiro atoms. The Morgan fingerprint density at radius 3 is 2.88 bits per heavy atom. The van der Waals surface area contributed by atoms with Crippen LogP contribution >= 0.6 is 22.7 Å². The zero-order chi connectivity index (χ0) is 18.3. The van der Waals surface area contributed by atoms with Gasteiger partial charge in [-0.2, -0.15) is 0 Å². The van der Waals surface area contributed by atoms with Crippen molar-refractivity contribution in [1.29, 1.82) is 0 Å². The number of nitrogens with one attached hydrogen (secondary N) is 1. The zero-order valence-corrected chi connectivity index (χ0v) is 16.5. The molecule has 3 heterocycles. The Morgan fingerprint density at radius 2 is 2.19 bits per heavy atom. The van der Waals surface area contributed by atoms with Gasteiger partial charge >= 0.3 is 0 Å². The maximum Gasteiger partial charge on any atom is 0.259 e. The summed E-state index contributed by atoms with van der Waals surface area (Å²) in [4.78, 5) is 37.6. The van der Waals surface area contributed by atoms with Crippen molar-refractivity contribution in [3.63, 3.8) is 0 Å². The van der Waals surface area contributed by atoms with E-state index in [9.17, 15) is 9.59 Å². The number of aromatic amines is 1. The monoisotopic (exact) mass is 387 g/mol. The number of H-pyrrole nitrogens is 1. The quantitative estimate of drug-likeness (QED) is 0.700. The van der Waals surface area contributed by atoms with E-state index in [1.165, 1.54) is 4.88 Å². The van der Waals surface area contributed by atoms with Gasteiger partial charge in [0, 0.05) is 28.6 Å². The number of aromatic nitrogens is 2. The number of hydrogen-bond donors (Lipinski definition) is 1. The van der Waals surface area contributed by atoms with Crippen LogP contribution in [0.1, 0.15) is 40.4 Å². The lowest BCUT2D eigenvalue weighted by atomic mass is 10.2. The van der Waals surface area contributed by atoms with Crippen LogP contribution in [0.15, 0.2) is 22.3 Å². The van der Waals surface area contributed by atoms with Gasteiger partial charge in [-0.15, -0.1) is 22.7 Å². The van der Waals surface area contributed by atoms with E-state index in [1.54, 1.807) is 22.7 Å². The highest BCUT2D eigenvalue weighted by Crippen LogP contribution is 2.30. The molecule has 0 radical (unpaired) electrons. The molecule has 0 unspecified atom stereocenters. The minimum Gasteiger partial charge on any atom is -0.335 e. The average Bonchev–Trinajstić information content (AvgIpc) is 3.23. The van der Waals surface area contributed by atoms with E-state index in [4.69, 9.17) is 0 Å². The number of hydrogen-bond acceptors (Lipinski definition) is 5. The fourth-order valence-electron chi connectivity index (χ4n) is 3.16.